The number of hydrogen-bond donors (Lipinski definition) is 2. The number of amides is 1. The topological polar surface area (TPSA) is 101 Å². The Balaban J connectivity index is 1.65. The van der Waals surface area contributed by atoms with Gasteiger partial charge in [-0.25, -0.2) is 0 Å². The average molecular weight is 276 g/mol. The summed E-state index contributed by atoms with van der Waals surface area (Å²) in [4.78, 5) is 19.5. The van der Waals surface area contributed by atoms with E-state index in [1.807, 2.05) is 12.1 Å². The lowest BCUT2D eigenvalue weighted by molar-refractivity contribution is -0.121. The molecule has 0 aromatic carbocycles. The van der Waals surface area contributed by atoms with Crippen molar-refractivity contribution in [3.63, 3.8) is 0 Å². The van der Waals surface area contributed by atoms with Gasteiger partial charge >= 0.3 is 0 Å². The molecule has 106 valence electrons. The summed E-state index contributed by atoms with van der Waals surface area (Å²) in [5.74, 6) is 0.639. The average Bonchev–Trinajstić information content (AvgIpc) is 2.94. The van der Waals surface area contributed by atoms with Crippen molar-refractivity contribution in [3.8, 4) is 0 Å². The molecule has 0 saturated carbocycles. The summed E-state index contributed by atoms with van der Waals surface area (Å²) in [6.07, 6.45) is 5.01. The number of aliphatic hydroxyl groups excluding tert-OH is 1. The van der Waals surface area contributed by atoms with E-state index < -0.39 is 0 Å². The highest BCUT2D eigenvalue weighted by Gasteiger charge is 2.06. The van der Waals surface area contributed by atoms with E-state index in [4.69, 9.17) is 9.63 Å². The molecule has 2 aromatic heterocycles. The van der Waals surface area contributed by atoms with Gasteiger partial charge in [0.05, 0.1) is 0 Å². The molecule has 0 bridgehead atoms. The van der Waals surface area contributed by atoms with E-state index in [1.165, 1.54) is 0 Å². The van der Waals surface area contributed by atoms with Gasteiger partial charge in [-0.1, -0.05) is 5.16 Å². The zero-order chi connectivity index (χ0) is 14.2. The van der Waals surface area contributed by atoms with Crippen molar-refractivity contribution in [1.29, 1.82) is 0 Å². The Kier molecular flexibility index (Phi) is 5.19. The van der Waals surface area contributed by atoms with Crippen LogP contribution in [0.5, 0.6) is 0 Å². The van der Waals surface area contributed by atoms with Crippen LogP contribution in [0.1, 0.15) is 23.7 Å². The van der Waals surface area contributed by atoms with E-state index >= 15 is 0 Å². The lowest BCUT2D eigenvalue weighted by Gasteiger charge is -2.03. The molecule has 2 N–H and O–H groups in total. The summed E-state index contributed by atoms with van der Waals surface area (Å²) in [6, 6.07) is 3.78. The predicted molar refractivity (Wildman–Crippen MR) is 69.5 cm³/mol. The number of carbonyl (C=O) groups is 1. The molecule has 0 saturated heterocycles. The molecule has 7 heteroatoms. The van der Waals surface area contributed by atoms with Crippen LogP contribution in [0.4, 0.5) is 0 Å². The number of aliphatic hydroxyl groups is 1. The molecular formula is C13H16N4O3. The number of aryl methyl sites for hydroxylation is 1. The Bertz CT molecular complexity index is 542. The Labute approximate surface area is 116 Å². The molecule has 2 aromatic rings. The summed E-state index contributed by atoms with van der Waals surface area (Å²) < 4.78 is 4.75. The molecule has 0 aliphatic carbocycles. The van der Waals surface area contributed by atoms with E-state index in [9.17, 15) is 4.79 Å². The molecule has 2 rings (SSSR count). The fourth-order valence-electron chi connectivity index (χ4n) is 1.67. The van der Waals surface area contributed by atoms with E-state index in [-0.39, 0.29) is 18.4 Å². The normalized spacial score (nSPS) is 10.4. The number of rotatable bonds is 7. The minimum absolute atomic E-state index is 0.0207. The summed E-state index contributed by atoms with van der Waals surface area (Å²) in [6.45, 7) is 0.172. The third-order valence-corrected chi connectivity index (χ3v) is 2.71. The first-order valence-electron chi connectivity index (χ1n) is 6.36. The van der Waals surface area contributed by atoms with Crippen molar-refractivity contribution in [2.75, 3.05) is 6.54 Å². The van der Waals surface area contributed by atoms with Gasteiger partial charge in [-0.2, -0.15) is 4.98 Å². The number of hydrogen-bond acceptors (Lipinski definition) is 6. The van der Waals surface area contributed by atoms with Crippen molar-refractivity contribution in [2.24, 2.45) is 0 Å². The van der Waals surface area contributed by atoms with Gasteiger partial charge in [-0.05, 0) is 24.1 Å². The predicted octanol–water partition coefficient (Wildman–Crippen LogP) is 0.248. The van der Waals surface area contributed by atoms with Gasteiger partial charge in [0.1, 0.15) is 6.61 Å². The van der Waals surface area contributed by atoms with Crippen LogP contribution in [-0.2, 0) is 24.2 Å². The van der Waals surface area contributed by atoms with Crippen molar-refractivity contribution in [1.82, 2.24) is 20.4 Å². The molecule has 0 atom stereocenters. The number of nitrogens with zero attached hydrogens (tertiary/aromatic N) is 3. The smallest absolute Gasteiger partial charge is 0.252 e. The number of aromatic nitrogens is 3. The third kappa shape index (κ3) is 4.43. The largest absolute Gasteiger partial charge is 0.387 e. The van der Waals surface area contributed by atoms with Crippen LogP contribution < -0.4 is 5.32 Å². The van der Waals surface area contributed by atoms with Crippen LogP contribution in [-0.4, -0.2) is 32.7 Å². The third-order valence-electron chi connectivity index (χ3n) is 2.71. The second kappa shape index (κ2) is 7.34. The minimum Gasteiger partial charge on any atom is -0.387 e. The molecule has 0 fully saturated rings. The maximum absolute atomic E-state index is 11.6. The molecule has 1 amide bonds. The second-order valence-corrected chi connectivity index (χ2v) is 4.22. The summed E-state index contributed by atoms with van der Waals surface area (Å²) >= 11 is 0. The zero-order valence-electron chi connectivity index (χ0n) is 11.0. The molecule has 2 heterocycles. The molecular weight excluding hydrogens is 260 g/mol. The maximum atomic E-state index is 11.6. The molecule has 0 aliphatic rings. The Morgan fingerprint density at radius 1 is 1.30 bits per heavy atom. The lowest BCUT2D eigenvalue weighted by atomic mass is 10.1. The minimum atomic E-state index is -0.273. The maximum Gasteiger partial charge on any atom is 0.252 e. The fraction of sp³-hybridized carbons (Fsp3) is 0.385. The van der Waals surface area contributed by atoms with Gasteiger partial charge in [0.25, 0.3) is 5.89 Å². The standard InChI is InChI=1S/C13H16N4O3/c18-9-13-16-11(17-20-13)5-8-15-12(19)2-1-10-3-6-14-7-4-10/h3-4,6-7,18H,1-2,5,8-9H2,(H,15,19). The monoisotopic (exact) mass is 276 g/mol. The van der Waals surface area contributed by atoms with Gasteiger partial charge in [-0.3, -0.25) is 9.78 Å². The molecule has 20 heavy (non-hydrogen) atoms. The van der Waals surface area contributed by atoms with Crippen LogP contribution in [0.3, 0.4) is 0 Å². The lowest BCUT2D eigenvalue weighted by Crippen LogP contribution is -2.26. The van der Waals surface area contributed by atoms with Crippen LogP contribution in [0, 0.1) is 0 Å². The summed E-state index contributed by atoms with van der Waals surface area (Å²) in [7, 11) is 0. The zero-order valence-corrected chi connectivity index (χ0v) is 11.0. The quantitative estimate of drug-likeness (QED) is 0.751. The van der Waals surface area contributed by atoms with Gasteiger partial charge in [-0.15, -0.1) is 0 Å². The van der Waals surface area contributed by atoms with Gasteiger partial charge < -0.3 is 14.9 Å². The Morgan fingerprint density at radius 3 is 2.80 bits per heavy atom. The van der Waals surface area contributed by atoms with Crippen LogP contribution in [0.25, 0.3) is 0 Å². The fourth-order valence-corrected chi connectivity index (χ4v) is 1.67. The van der Waals surface area contributed by atoms with Crippen molar-refractivity contribution in [2.45, 2.75) is 25.9 Å². The van der Waals surface area contributed by atoms with Crippen LogP contribution >= 0.6 is 0 Å². The Morgan fingerprint density at radius 2 is 2.10 bits per heavy atom. The number of nitrogens with one attached hydrogen (secondary N) is 1. The molecule has 0 aliphatic heterocycles. The first-order valence-corrected chi connectivity index (χ1v) is 6.36. The van der Waals surface area contributed by atoms with Crippen molar-refractivity contribution < 1.29 is 14.4 Å². The van der Waals surface area contributed by atoms with Crippen molar-refractivity contribution >= 4 is 5.91 Å². The van der Waals surface area contributed by atoms with E-state index in [1.54, 1.807) is 12.4 Å². The molecule has 0 radical (unpaired) electrons. The second-order valence-electron chi connectivity index (χ2n) is 4.22. The van der Waals surface area contributed by atoms with E-state index in [2.05, 4.69) is 20.4 Å². The number of pyridine rings is 1. The van der Waals surface area contributed by atoms with Gasteiger partial charge in [0.15, 0.2) is 5.82 Å². The highest BCUT2D eigenvalue weighted by Crippen LogP contribution is 2.01. The van der Waals surface area contributed by atoms with Gasteiger partial charge in [0, 0.05) is 31.8 Å². The van der Waals surface area contributed by atoms with Crippen LogP contribution in [0.15, 0.2) is 29.0 Å². The number of carbonyl (C=O) groups excluding carboxylic acids is 1. The van der Waals surface area contributed by atoms with Crippen LogP contribution in [0.2, 0.25) is 0 Å². The molecule has 0 unspecified atom stereocenters. The van der Waals surface area contributed by atoms with Crippen molar-refractivity contribution in [3.05, 3.63) is 41.8 Å². The molecule has 7 nitrogen and oxygen atoms in total. The first-order chi connectivity index (χ1) is 9.78. The SMILES string of the molecule is O=C(CCc1ccncc1)NCCc1noc(CO)n1. The summed E-state index contributed by atoms with van der Waals surface area (Å²) in [5.41, 5.74) is 1.08. The summed E-state index contributed by atoms with van der Waals surface area (Å²) in [5, 5.41) is 15.2. The first kappa shape index (κ1) is 14.1. The Hall–Kier alpha value is -2.28. The highest BCUT2D eigenvalue weighted by atomic mass is 16.5. The van der Waals surface area contributed by atoms with Gasteiger partial charge in [0.2, 0.25) is 5.91 Å². The van der Waals surface area contributed by atoms with E-state index in [0.29, 0.717) is 31.6 Å². The molecule has 0 spiro atoms. The highest BCUT2D eigenvalue weighted by molar-refractivity contribution is 5.76. The van der Waals surface area contributed by atoms with E-state index in [0.717, 1.165) is 5.56 Å².